The summed E-state index contributed by atoms with van der Waals surface area (Å²) in [5.74, 6) is 0.523. The van der Waals surface area contributed by atoms with Gasteiger partial charge in [-0.1, -0.05) is 19.9 Å². The molecule has 0 aliphatic heterocycles. The van der Waals surface area contributed by atoms with E-state index in [2.05, 4.69) is 19.2 Å². The van der Waals surface area contributed by atoms with Gasteiger partial charge in [-0.2, -0.15) is 0 Å². The third-order valence-electron chi connectivity index (χ3n) is 3.11. The van der Waals surface area contributed by atoms with Crippen molar-refractivity contribution in [3.8, 4) is 5.75 Å². The van der Waals surface area contributed by atoms with Crippen molar-refractivity contribution in [1.82, 2.24) is 5.32 Å². The van der Waals surface area contributed by atoms with Crippen molar-refractivity contribution >= 4 is 0 Å². The molecule has 102 valence electrons. The molecule has 0 amide bonds. The lowest BCUT2D eigenvalue weighted by Gasteiger charge is -2.29. The third-order valence-corrected chi connectivity index (χ3v) is 3.11. The minimum Gasteiger partial charge on any atom is -0.497 e. The molecular formula is C14H22FNO2. The summed E-state index contributed by atoms with van der Waals surface area (Å²) in [4.78, 5) is 0. The number of hydrogen-bond donors (Lipinski definition) is 1. The van der Waals surface area contributed by atoms with E-state index >= 15 is 0 Å². The highest BCUT2D eigenvalue weighted by molar-refractivity contribution is 5.31. The molecule has 0 aromatic heterocycles. The van der Waals surface area contributed by atoms with Crippen LogP contribution in [-0.4, -0.2) is 27.4 Å². The maximum absolute atomic E-state index is 14.1. The van der Waals surface area contributed by atoms with Crippen LogP contribution in [0.2, 0.25) is 0 Å². The molecule has 1 rings (SSSR count). The first-order valence-electron chi connectivity index (χ1n) is 6.08. The number of methoxy groups -OCH3 is 2. The zero-order valence-electron chi connectivity index (χ0n) is 11.7. The zero-order valence-corrected chi connectivity index (χ0v) is 11.7. The van der Waals surface area contributed by atoms with Crippen molar-refractivity contribution in [2.45, 2.75) is 26.0 Å². The third kappa shape index (κ3) is 3.21. The molecule has 2 unspecified atom stereocenters. The summed E-state index contributed by atoms with van der Waals surface area (Å²) in [5, 5.41) is 3.12. The van der Waals surface area contributed by atoms with Crippen LogP contribution in [0.1, 0.15) is 25.5 Å². The first-order chi connectivity index (χ1) is 8.54. The van der Waals surface area contributed by atoms with E-state index in [1.807, 2.05) is 7.05 Å². The molecule has 3 nitrogen and oxygen atoms in total. The Morgan fingerprint density at radius 3 is 2.28 bits per heavy atom. The van der Waals surface area contributed by atoms with Crippen molar-refractivity contribution in [2.24, 2.45) is 5.92 Å². The number of nitrogens with one attached hydrogen (secondary N) is 1. The smallest absolute Gasteiger partial charge is 0.131 e. The van der Waals surface area contributed by atoms with Crippen LogP contribution in [0.5, 0.6) is 5.75 Å². The minimum absolute atomic E-state index is 0.0853. The second kappa shape index (κ2) is 6.71. The summed E-state index contributed by atoms with van der Waals surface area (Å²) in [7, 11) is 4.98. The van der Waals surface area contributed by atoms with Gasteiger partial charge in [0, 0.05) is 18.7 Å². The molecule has 0 saturated carbocycles. The van der Waals surface area contributed by atoms with Gasteiger partial charge in [-0.05, 0) is 19.0 Å². The van der Waals surface area contributed by atoms with Gasteiger partial charge in [0.05, 0.1) is 19.3 Å². The van der Waals surface area contributed by atoms with Crippen molar-refractivity contribution in [3.63, 3.8) is 0 Å². The number of ether oxygens (including phenoxy) is 2. The lowest BCUT2D eigenvalue weighted by atomic mass is 9.93. The van der Waals surface area contributed by atoms with Gasteiger partial charge >= 0.3 is 0 Å². The Balaban J connectivity index is 3.08. The topological polar surface area (TPSA) is 30.5 Å². The number of likely N-dealkylation sites (N-methyl/N-ethyl adjacent to an activating group) is 1. The van der Waals surface area contributed by atoms with Gasteiger partial charge in [-0.3, -0.25) is 0 Å². The number of benzene rings is 1. The standard InChI is InChI=1S/C14H22FNO2/c1-9(2)14(18-5)13(16-3)11-7-6-10(17-4)8-12(11)15/h6-9,13-14,16H,1-5H3. The van der Waals surface area contributed by atoms with Gasteiger partial charge in [0.2, 0.25) is 0 Å². The molecule has 0 aliphatic rings. The van der Waals surface area contributed by atoms with Crippen molar-refractivity contribution in [2.75, 3.05) is 21.3 Å². The van der Waals surface area contributed by atoms with Gasteiger partial charge in [0.25, 0.3) is 0 Å². The average Bonchev–Trinajstić information content (AvgIpc) is 2.35. The fraction of sp³-hybridized carbons (Fsp3) is 0.571. The normalized spacial score (nSPS) is 14.6. The average molecular weight is 255 g/mol. The number of rotatable bonds is 6. The lowest BCUT2D eigenvalue weighted by Crippen LogP contribution is -2.35. The molecule has 0 radical (unpaired) electrons. The molecule has 0 aliphatic carbocycles. The first-order valence-corrected chi connectivity index (χ1v) is 6.08. The Bertz CT molecular complexity index is 382. The molecule has 1 aromatic rings. The first kappa shape index (κ1) is 14.9. The van der Waals surface area contributed by atoms with Crippen molar-refractivity contribution in [1.29, 1.82) is 0 Å². The van der Waals surface area contributed by atoms with E-state index < -0.39 is 0 Å². The molecule has 4 heteroatoms. The van der Waals surface area contributed by atoms with Crippen LogP contribution >= 0.6 is 0 Å². The van der Waals surface area contributed by atoms with Gasteiger partial charge in [0.1, 0.15) is 11.6 Å². The molecule has 0 fully saturated rings. The van der Waals surface area contributed by atoms with E-state index in [4.69, 9.17) is 9.47 Å². The molecule has 2 atom stereocenters. The van der Waals surface area contributed by atoms with Crippen LogP contribution in [-0.2, 0) is 4.74 Å². The zero-order chi connectivity index (χ0) is 13.7. The quantitative estimate of drug-likeness (QED) is 0.848. The highest BCUT2D eigenvalue weighted by Gasteiger charge is 2.26. The number of halogens is 1. The minimum atomic E-state index is -0.281. The van der Waals surface area contributed by atoms with Crippen LogP contribution in [0.4, 0.5) is 4.39 Å². The summed E-state index contributed by atoms with van der Waals surface area (Å²) in [5.41, 5.74) is 0.596. The van der Waals surface area contributed by atoms with Crippen LogP contribution in [0.15, 0.2) is 18.2 Å². The van der Waals surface area contributed by atoms with Gasteiger partial charge in [-0.15, -0.1) is 0 Å². The van der Waals surface area contributed by atoms with E-state index in [1.54, 1.807) is 19.2 Å². The van der Waals surface area contributed by atoms with Crippen LogP contribution < -0.4 is 10.1 Å². The predicted molar refractivity (Wildman–Crippen MR) is 70.4 cm³/mol. The van der Waals surface area contributed by atoms with Crippen LogP contribution in [0, 0.1) is 11.7 Å². The fourth-order valence-electron chi connectivity index (χ4n) is 2.18. The Morgan fingerprint density at radius 1 is 1.22 bits per heavy atom. The van der Waals surface area contributed by atoms with Gasteiger partial charge in [-0.25, -0.2) is 4.39 Å². The lowest BCUT2D eigenvalue weighted by molar-refractivity contribution is 0.0338. The van der Waals surface area contributed by atoms with E-state index in [9.17, 15) is 4.39 Å². The number of hydrogen-bond acceptors (Lipinski definition) is 3. The molecule has 0 saturated heterocycles. The Kier molecular flexibility index (Phi) is 5.56. The van der Waals surface area contributed by atoms with Gasteiger partial charge in [0.15, 0.2) is 0 Å². The maximum atomic E-state index is 14.1. The Hall–Kier alpha value is -1.13. The maximum Gasteiger partial charge on any atom is 0.131 e. The van der Waals surface area contributed by atoms with Gasteiger partial charge < -0.3 is 14.8 Å². The molecule has 0 bridgehead atoms. The predicted octanol–water partition coefficient (Wildman–Crippen LogP) is 2.77. The highest BCUT2D eigenvalue weighted by atomic mass is 19.1. The largest absolute Gasteiger partial charge is 0.497 e. The molecular weight excluding hydrogens is 233 g/mol. The van der Waals surface area contributed by atoms with E-state index in [-0.39, 0.29) is 23.9 Å². The molecule has 0 heterocycles. The molecule has 0 spiro atoms. The molecule has 1 N–H and O–H groups in total. The summed E-state index contributed by atoms with van der Waals surface area (Å²) < 4.78 is 24.5. The van der Waals surface area contributed by atoms with E-state index in [0.29, 0.717) is 11.3 Å². The molecule has 18 heavy (non-hydrogen) atoms. The Morgan fingerprint density at radius 2 is 1.89 bits per heavy atom. The SMILES string of the molecule is CNC(c1ccc(OC)cc1F)C(OC)C(C)C. The van der Waals surface area contributed by atoms with Crippen molar-refractivity contribution < 1.29 is 13.9 Å². The Labute approximate surface area is 108 Å². The second-order valence-corrected chi connectivity index (χ2v) is 4.60. The summed E-state index contributed by atoms with van der Waals surface area (Å²) in [6.45, 7) is 4.11. The van der Waals surface area contributed by atoms with Crippen molar-refractivity contribution in [3.05, 3.63) is 29.6 Å². The second-order valence-electron chi connectivity index (χ2n) is 4.60. The molecule has 1 aromatic carbocycles. The van der Waals surface area contributed by atoms with E-state index in [0.717, 1.165) is 0 Å². The van der Waals surface area contributed by atoms with Crippen LogP contribution in [0.25, 0.3) is 0 Å². The monoisotopic (exact) mass is 255 g/mol. The highest BCUT2D eigenvalue weighted by Crippen LogP contribution is 2.28. The summed E-state index contributed by atoms with van der Waals surface area (Å²) in [6.07, 6.45) is -0.0853. The van der Waals surface area contributed by atoms with Crippen LogP contribution in [0.3, 0.4) is 0 Å². The summed E-state index contributed by atoms with van der Waals surface area (Å²) in [6, 6.07) is 4.72. The summed E-state index contributed by atoms with van der Waals surface area (Å²) >= 11 is 0. The fourth-order valence-corrected chi connectivity index (χ4v) is 2.18. The van der Waals surface area contributed by atoms with E-state index in [1.165, 1.54) is 13.2 Å².